The molecule has 1 heterocycles. The van der Waals surface area contributed by atoms with Gasteiger partial charge in [-0.2, -0.15) is 0 Å². The molecular weight excluding hydrogens is 306 g/mol. The molecule has 1 aromatic rings. The number of hydrogen-bond donors (Lipinski definition) is 0. The highest BCUT2D eigenvalue weighted by molar-refractivity contribution is 5.99. The third-order valence-corrected chi connectivity index (χ3v) is 6.38. The standard InChI is InChI=1S/C23H27NO/c25-23(21-5-2-10-24(15-21)14-16-6-7-16)20-4-1-3-17(11-20)18-8-9-19-13-22(19)12-18/h1,3-4,8-9,11-12,16,19,21-22H,2,5-7,10,13-15H2. The number of likely N-dealkylation sites (tertiary alicyclic amines) is 1. The lowest BCUT2D eigenvalue weighted by Crippen LogP contribution is -2.39. The molecule has 3 unspecified atom stereocenters. The Hall–Kier alpha value is -1.67. The minimum absolute atomic E-state index is 0.187. The van der Waals surface area contributed by atoms with Crippen molar-refractivity contribution in [3.63, 3.8) is 0 Å². The van der Waals surface area contributed by atoms with Crippen LogP contribution >= 0.6 is 0 Å². The average molecular weight is 333 g/mol. The number of piperidine rings is 1. The molecule has 1 aromatic carbocycles. The fourth-order valence-electron chi connectivity index (χ4n) is 4.54. The maximum Gasteiger partial charge on any atom is 0.167 e. The van der Waals surface area contributed by atoms with Crippen molar-refractivity contribution in [3.8, 4) is 0 Å². The second-order valence-electron chi connectivity index (χ2n) is 8.53. The van der Waals surface area contributed by atoms with Crippen LogP contribution in [0.1, 0.15) is 48.0 Å². The summed E-state index contributed by atoms with van der Waals surface area (Å²) in [5, 5.41) is 0. The van der Waals surface area contributed by atoms with Gasteiger partial charge in [-0.25, -0.2) is 0 Å². The van der Waals surface area contributed by atoms with Crippen molar-refractivity contribution in [3.05, 3.63) is 53.6 Å². The van der Waals surface area contributed by atoms with Gasteiger partial charge in [0.25, 0.3) is 0 Å². The van der Waals surface area contributed by atoms with Gasteiger partial charge in [-0.15, -0.1) is 0 Å². The molecule has 1 saturated heterocycles. The Morgan fingerprint density at radius 1 is 1.16 bits per heavy atom. The van der Waals surface area contributed by atoms with E-state index in [1.54, 1.807) is 0 Å². The van der Waals surface area contributed by atoms with Gasteiger partial charge in [0.05, 0.1) is 0 Å². The van der Waals surface area contributed by atoms with Crippen molar-refractivity contribution in [2.75, 3.05) is 19.6 Å². The summed E-state index contributed by atoms with van der Waals surface area (Å²) in [4.78, 5) is 15.6. The third kappa shape index (κ3) is 3.37. The molecule has 4 aliphatic rings. The third-order valence-electron chi connectivity index (χ3n) is 6.38. The van der Waals surface area contributed by atoms with Gasteiger partial charge in [-0.1, -0.05) is 36.4 Å². The van der Waals surface area contributed by atoms with Crippen LogP contribution in [0.4, 0.5) is 0 Å². The van der Waals surface area contributed by atoms with E-state index in [1.165, 1.54) is 49.9 Å². The van der Waals surface area contributed by atoms with Crippen molar-refractivity contribution in [1.29, 1.82) is 0 Å². The number of allylic oxidation sites excluding steroid dienone is 4. The normalized spacial score (nSPS) is 31.4. The molecule has 1 aliphatic heterocycles. The summed E-state index contributed by atoms with van der Waals surface area (Å²) in [5.41, 5.74) is 3.41. The number of rotatable bonds is 5. The first-order chi connectivity index (χ1) is 12.3. The maximum absolute atomic E-state index is 13.1. The van der Waals surface area contributed by atoms with Crippen LogP contribution in [0.15, 0.2) is 42.5 Å². The van der Waals surface area contributed by atoms with Crippen LogP contribution in [-0.4, -0.2) is 30.3 Å². The van der Waals surface area contributed by atoms with Crippen LogP contribution in [0, 0.1) is 23.7 Å². The topological polar surface area (TPSA) is 20.3 Å². The Balaban J connectivity index is 1.31. The highest BCUT2D eigenvalue weighted by Gasteiger charge is 2.35. The quantitative estimate of drug-likeness (QED) is 0.735. The minimum atomic E-state index is 0.187. The van der Waals surface area contributed by atoms with Gasteiger partial charge in [-0.3, -0.25) is 4.79 Å². The molecule has 0 N–H and O–H groups in total. The largest absolute Gasteiger partial charge is 0.302 e. The van der Waals surface area contributed by atoms with E-state index in [0.29, 0.717) is 5.78 Å². The van der Waals surface area contributed by atoms with Crippen LogP contribution in [-0.2, 0) is 0 Å². The van der Waals surface area contributed by atoms with E-state index in [0.717, 1.165) is 36.3 Å². The summed E-state index contributed by atoms with van der Waals surface area (Å²) in [6, 6.07) is 8.34. The first-order valence-corrected chi connectivity index (χ1v) is 10.0. The SMILES string of the molecule is O=C(c1cccc(C2=CC3CC3C=C2)c1)C1CCCN(CC2CC2)C1. The molecule has 5 rings (SSSR count). The summed E-state index contributed by atoms with van der Waals surface area (Å²) in [7, 11) is 0. The Morgan fingerprint density at radius 2 is 2.08 bits per heavy atom. The first kappa shape index (κ1) is 15.6. The molecule has 2 nitrogen and oxygen atoms in total. The summed E-state index contributed by atoms with van der Waals surface area (Å²) in [6.07, 6.45) is 13.3. The van der Waals surface area contributed by atoms with Gasteiger partial charge >= 0.3 is 0 Å². The predicted molar refractivity (Wildman–Crippen MR) is 101 cm³/mol. The molecule has 3 atom stereocenters. The van der Waals surface area contributed by atoms with Crippen molar-refractivity contribution in [2.45, 2.75) is 32.1 Å². The first-order valence-electron chi connectivity index (χ1n) is 10.0. The Labute approximate surface area is 150 Å². The lowest BCUT2D eigenvalue weighted by molar-refractivity contribution is 0.0814. The number of carbonyl (C=O) groups excluding carboxylic acids is 1. The van der Waals surface area contributed by atoms with Crippen molar-refractivity contribution >= 4 is 11.4 Å². The second kappa shape index (κ2) is 6.25. The number of carbonyl (C=O) groups is 1. The smallest absolute Gasteiger partial charge is 0.167 e. The van der Waals surface area contributed by atoms with E-state index in [9.17, 15) is 4.79 Å². The Bertz CT molecular complexity index is 742. The number of ketones is 1. The highest BCUT2D eigenvalue weighted by atomic mass is 16.1. The summed E-state index contributed by atoms with van der Waals surface area (Å²) in [6.45, 7) is 3.36. The molecule has 2 saturated carbocycles. The van der Waals surface area contributed by atoms with E-state index in [1.807, 2.05) is 6.07 Å². The molecule has 2 heteroatoms. The molecule has 130 valence electrons. The van der Waals surface area contributed by atoms with Crippen LogP contribution in [0.5, 0.6) is 0 Å². The number of benzene rings is 1. The van der Waals surface area contributed by atoms with E-state index in [2.05, 4.69) is 41.3 Å². The molecule has 3 fully saturated rings. The van der Waals surface area contributed by atoms with Crippen LogP contribution in [0.25, 0.3) is 5.57 Å². The van der Waals surface area contributed by atoms with Crippen molar-refractivity contribution in [1.82, 2.24) is 4.90 Å². The van der Waals surface area contributed by atoms with Crippen molar-refractivity contribution in [2.24, 2.45) is 23.7 Å². The van der Waals surface area contributed by atoms with E-state index in [-0.39, 0.29) is 5.92 Å². The molecule has 3 aliphatic carbocycles. The lowest BCUT2D eigenvalue weighted by Gasteiger charge is -2.32. The number of Topliss-reactive ketones (excluding diaryl/α,β-unsaturated/α-hetero) is 1. The zero-order valence-electron chi connectivity index (χ0n) is 14.9. The molecule has 0 radical (unpaired) electrons. The summed E-state index contributed by atoms with van der Waals surface area (Å²) < 4.78 is 0. The fraction of sp³-hybridized carbons (Fsp3) is 0.522. The van der Waals surface area contributed by atoms with Gasteiger partial charge in [0.2, 0.25) is 0 Å². The Kier molecular flexibility index (Phi) is 3.89. The van der Waals surface area contributed by atoms with E-state index >= 15 is 0 Å². The summed E-state index contributed by atoms with van der Waals surface area (Å²) >= 11 is 0. The monoisotopic (exact) mass is 333 g/mol. The fourth-order valence-corrected chi connectivity index (χ4v) is 4.54. The predicted octanol–water partition coefficient (Wildman–Crippen LogP) is 4.58. The molecule has 0 spiro atoms. The Morgan fingerprint density at radius 3 is 2.92 bits per heavy atom. The minimum Gasteiger partial charge on any atom is -0.302 e. The van der Waals surface area contributed by atoms with Crippen LogP contribution < -0.4 is 0 Å². The van der Waals surface area contributed by atoms with Crippen LogP contribution in [0.3, 0.4) is 0 Å². The zero-order valence-corrected chi connectivity index (χ0v) is 14.9. The highest BCUT2D eigenvalue weighted by Crippen LogP contribution is 2.46. The molecule has 0 bridgehead atoms. The lowest BCUT2D eigenvalue weighted by atomic mass is 9.88. The number of hydrogen-bond acceptors (Lipinski definition) is 2. The van der Waals surface area contributed by atoms with E-state index < -0.39 is 0 Å². The van der Waals surface area contributed by atoms with Gasteiger partial charge < -0.3 is 4.90 Å². The molecule has 25 heavy (non-hydrogen) atoms. The van der Waals surface area contributed by atoms with Gasteiger partial charge in [0.1, 0.15) is 0 Å². The second-order valence-corrected chi connectivity index (χ2v) is 8.53. The van der Waals surface area contributed by atoms with Crippen LogP contribution in [0.2, 0.25) is 0 Å². The summed E-state index contributed by atoms with van der Waals surface area (Å²) in [5.74, 6) is 2.98. The molecule has 0 aromatic heterocycles. The van der Waals surface area contributed by atoms with Crippen molar-refractivity contribution < 1.29 is 4.79 Å². The zero-order chi connectivity index (χ0) is 16.8. The van der Waals surface area contributed by atoms with E-state index in [4.69, 9.17) is 0 Å². The maximum atomic E-state index is 13.1. The van der Waals surface area contributed by atoms with Gasteiger partial charge in [0.15, 0.2) is 5.78 Å². The van der Waals surface area contributed by atoms with Gasteiger partial charge in [0, 0.05) is 24.6 Å². The van der Waals surface area contributed by atoms with Gasteiger partial charge in [-0.05, 0) is 73.6 Å². The average Bonchev–Trinajstić information content (AvgIpc) is 3.56. The molecule has 0 amide bonds. The number of fused-ring (bicyclic) bond motifs is 1. The number of nitrogens with zero attached hydrogens (tertiary/aromatic N) is 1. The molecular formula is C23H27NO.